The molecule has 1 aromatic rings. The summed E-state index contributed by atoms with van der Waals surface area (Å²) in [5, 5.41) is 18.5. The highest BCUT2D eigenvalue weighted by Gasteiger charge is 2.36. The lowest BCUT2D eigenvalue weighted by Crippen LogP contribution is -2.34. The number of amides is 1. The fourth-order valence-corrected chi connectivity index (χ4v) is 3.09. The second-order valence-corrected chi connectivity index (χ2v) is 7.37. The molecular weight excluding hydrogens is 518 g/mol. The molecule has 2 rings (SSSR count). The Morgan fingerprint density at radius 3 is 2.03 bits per heavy atom. The number of anilines is 1. The first-order valence-corrected chi connectivity index (χ1v) is 10.2. The highest BCUT2D eigenvalue weighted by atomic mass is 79.9. The van der Waals surface area contributed by atoms with Crippen molar-refractivity contribution in [1.82, 2.24) is 0 Å². The summed E-state index contributed by atoms with van der Waals surface area (Å²) in [6.45, 7) is 1.65. The third-order valence-corrected chi connectivity index (χ3v) is 5.77. The van der Waals surface area contributed by atoms with Crippen molar-refractivity contribution < 1.29 is 38.7 Å². The van der Waals surface area contributed by atoms with Gasteiger partial charge in [0.15, 0.2) is 6.23 Å². The van der Waals surface area contributed by atoms with Crippen molar-refractivity contribution in [3.63, 3.8) is 0 Å². The number of carboxylic acids is 1. The number of carboxylic acid groups (broad SMARTS) is 1. The zero-order chi connectivity index (χ0) is 21.2. The second kappa shape index (κ2) is 12.3. The van der Waals surface area contributed by atoms with Gasteiger partial charge in [0.2, 0.25) is 0 Å². The second-order valence-electron chi connectivity index (χ2n) is 5.72. The summed E-state index contributed by atoms with van der Waals surface area (Å²) in [6.07, 6.45) is -1.07. The van der Waals surface area contributed by atoms with E-state index in [1.54, 1.807) is 24.3 Å². The molecule has 160 valence electrons. The summed E-state index contributed by atoms with van der Waals surface area (Å²) in [7, 11) is 0. The number of carbonyl (C=O) groups is 2. The molecule has 1 aromatic carbocycles. The first kappa shape index (κ1) is 23.8. The average Bonchev–Trinajstić information content (AvgIpc) is 2.89. The van der Waals surface area contributed by atoms with Gasteiger partial charge in [-0.2, -0.15) is 0 Å². The van der Waals surface area contributed by atoms with E-state index in [4.69, 9.17) is 24.1 Å². The Balaban J connectivity index is 1.58. The van der Waals surface area contributed by atoms with E-state index in [1.165, 1.54) is 4.90 Å². The van der Waals surface area contributed by atoms with Gasteiger partial charge in [0, 0.05) is 5.69 Å². The SMILES string of the molecule is O=C(O)COCCOCCOCCOc1ccc(N2C(=O)C(Br)=C(Br)C2O)cc1. The molecule has 9 nitrogen and oxygen atoms in total. The van der Waals surface area contributed by atoms with Crippen LogP contribution in [0.25, 0.3) is 0 Å². The fraction of sp³-hybridized carbons (Fsp3) is 0.444. The molecule has 1 amide bonds. The Bertz CT molecular complexity index is 725. The first-order chi connectivity index (χ1) is 13.9. The maximum Gasteiger partial charge on any atom is 0.329 e. The van der Waals surface area contributed by atoms with Crippen LogP contribution in [-0.4, -0.2) is 74.6 Å². The van der Waals surface area contributed by atoms with Crippen molar-refractivity contribution in [1.29, 1.82) is 0 Å². The van der Waals surface area contributed by atoms with Crippen molar-refractivity contribution in [3.8, 4) is 5.75 Å². The smallest absolute Gasteiger partial charge is 0.329 e. The molecule has 0 aromatic heterocycles. The van der Waals surface area contributed by atoms with Crippen LogP contribution in [0.3, 0.4) is 0 Å². The third-order valence-electron chi connectivity index (χ3n) is 3.67. The molecule has 1 unspecified atom stereocenters. The van der Waals surface area contributed by atoms with E-state index in [-0.39, 0.29) is 19.1 Å². The lowest BCUT2D eigenvalue weighted by molar-refractivity contribution is -0.142. The first-order valence-electron chi connectivity index (χ1n) is 8.66. The van der Waals surface area contributed by atoms with E-state index >= 15 is 0 Å². The largest absolute Gasteiger partial charge is 0.491 e. The molecule has 0 fully saturated rings. The van der Waals surface area contributed by atoms with E-state index in [1.807, 2.05) is 0 Å². The molecule has 0 radical (unpaired) electrons. The predicted molar refractivity (Wildman–Crippen MR) is 110 cm³/mol. The third kappa shape index (κ3) is 7.36. The number of hydrogen-bond acceptors (Lipinski definition) is 7. The van der Waals surface area contributed by atoms with Crippen LogP contribution in [0.5, 0.6) is 5.75 Å². The Labute approximate surface area is 184 Å². The molecule has 0 bridgehead atoms. The average molecular weight is 539 g/mol. The molecule has 1 aliphatic rings. The zero-order valence-corrected chi connectivity index (χ0v) is 18.6. The van der Waals surface area contributed by atoms with Gasteiger partial charge in [0.25, 0.3) is 5.91 Å². The van der Waals surface area contributed by atoms with Gasteiger partial charge >= 0.3 is 5.97 Å². The van der Waals surface area contributed by atoms with Gasteiger partial charge in [-0.25, -0.2) is 4.79 Å². The van der Waals surface area contributed by atoms with E-state index in [9.17, 15) is 14.7 Å². The minimum absolute atomic E-state index is 0.218. The van der Waals surface area contributed by atoms with Crippen LogP contribution in [0, 0.1) is 0 Å². The van der Waals surface area contributed by atoms with Gasteiger partial charge in [-0.1, -0.05) is 0 Å². The van der Waals surface area contributed by atoms with Gasteiger partial charge in [-0.3, -0.25) is 9.69 Å². The van der Waals surface area contributed by atoms with Crippen molar-refractivity contribution >= 4 is 49.4 Å². The molecule has 1 atom stereocenters. The normalized spacial score (nSPS) is 16.6. The molecule has 0 saturated carbocycles. The van der Waals surface area contributed by atoms with Crippen LogP contribution in [0.15, 0.2) is 33.2 Å². The number of halogens is 2. The van der Waals surface area contributed by atoms with E-state index in [2.05, 4.69) is 31.9 Å². The minimum Gasteiger partial charge on any atom is -0.491 e. The quantitative estimate of drug-likeness (QED) is 0.366. The fourth-order valence-electron chi connectivity index (χ4n) is 2.32. The number of benzene rings is 1. The van der Waals surface area contributed by atoms with Crippen LogP contribution < -0.4 is 9.64 Å². The van der Waals surface area contributed by atoms with Gasteiger partial charge < -0.3 is 29.2 Å². The van der Waals surface area contributed by atoms with Crippen molar-refractivity contribution in [2.75, 3.05) is 51.1 Å². The predicted octanol–water partition coefficient (Wildman–Crippen LogP) is 1.87. The van der Waals surface area contributed by atoms with E-state index < -0.39 is 12.2 Å². The Hall–Kier alpha value is -1.50. The molecule has 1 aliphatic heterocycles. The lowest BCUT2D eigenvalue weighted by atomic mass is 10.2. The number of aliphatic hydroxyl groups excluding tert-OH is 1. The Kier molecular flexibility index (Phi) is 10.0. The maximum absolute atomic E-state index is 12.2. The van der Waals surface area contributed by atoms with Crippen LogP contribution >= 0.6 is 31.9 Å². The standard InChI is InChI=1S/C18H21Br2NO8/c19-15-16(20)18(25)21(17(15)24)12-1-3-13(4-2-12)29-10-9-27-6-5-26-7-8-28-11-14(22)23/h1-4,17,24H,5-11H2,(H,22,23). The van der Waals surface area contributed by atoms with Crippen LogP contribution in [0.4, 0.5) is 5.69 Å². The summed E-state index contributed by atoms with van der Waals surface area (Å²) < 4.78 is 21.7. The molecule has 2 N–H and O–H groups in total. The molecule has 1 heterocycles. The van der Waals surface area contributed by atoms with E-state index in [0.717, 1.165) is 0 Å². The van der Waals surface area contributed by atoms with Gasteiger partial charge in [-0.05, 0) is 56.1 Å². The molecule has 0 aliphatic carbocycles. The highest BCUT2D eigenvalue weighted by molar-refractivity contribution is 9.14. The van der Waals surface area contributed by atoms with Crippen molar-refractivity contribution in [3.05, 3.63) is 33.2 Å². The maximum atomic E-state index is 12.2. The van der Waals surface area contributed by atoms with Crippen molar-refractivity contribution in [2.45, 2.75) is 6.23 Å². The summed E-state index contributed by atoms with van der Waals surface area (Å²) in [5.41, 5.74) is 0.544. The summed E-state index contributed by atoms with van der Waals surface area (Å²) in [6, 6.07) is 6.78. The van der Waals surface area contributed by atoms with Crippen molar-refractivity contribution in [2.24, 2.45) is 0 Å². The number of nitrogens with zero attached hydrogens (tertiary/aromatic N) is 1. The number of carbonyl (C=O) groups excluding carboxylic acids is 1. The molecule has 0 saturated heterocycles. The number of hydrogen-bond donors (Lipinski definition) is 2. The summed E-state index contributed by atoms with van der Waals surface area (Å²) in [4.78, 5) is 23.6. The number of aliphatic carboxylic acids is 1. The summed E-state index contributed by atoms with van der Waals surface area (Å²) >= 11 is 6.34. The topological polar surface area (TPSA) is 115 Å². The monoisotopic (exact) mass is 537 g/mol. The minimum atomic E-state index is -1.07. The lowest BCUT2D eigenvalue weighted by Gasteiger charge is -2.21. The molecular formula is C18H21Br2NO8. The van der Waals surface area contributed by atoms with Crippen LogP contribution in [0.1, 0.15) is 0 Å². The van der Waals surface area contributed by atoms with Crippen LogP contribution in [0.2, 0.25) is 0 Å². The van der Waals surface area contributed by atoms with Crippen LogP contribution in [-0.2, 0) is 23.8 Å². The Morgan fingerprint density at radius 2 is 1.52 bits per heavy atom. The van der Waals surface area contributed by atoms with Gasteiger partial charge in [0.1, 0.15) is 19.0 Å². The molecule has 29 heavy (non-hydrogen) atoms. The number of rotatable bonds is 13. The number of aliphatic hydroxyl groups is 1. The summed E-state index contributed by atoms with van der Waals surface area (Å²) in [5.74, 6) is -0.734. The van der Waals surface area contributed by atoms with Gasteiger partial charge in [-0.15, -0.1) is 0 Å². The molecule has 11 heteroatoms. The van der Waals surface area contributed by atoms with E-state index in [0.29, 0.717) is 53.4 Å². The van der Waals surface area contributed by atoms with Gasteiger partial charge in [0.05, 0.1) is 42.0 Å². The zero-order valence-electron chi connectivity index (χ0n) is 15.4. The highest BCUT2D eigenvalue weighted by Crippen LogP contribution is 2.36. The molecule has 0 spiro atoms. The Morgan fingerprint density at radius 1 is 0.966 bits per heavy atom. The number of ether oxygens (including phenoxy) is 4.